The number of aromatic nitrogens is 8. The van der Waals surface area contributed by atoms with E-state index in [-0.39, 0.29) is 6.54 Å². The Hall–Kier alpha value is -3.55. The molecule has 11 nitrogen and oxygen atoms in total. The number of benzene rings is 1. The molecule has 0 saturated carbocycles. The molecule has 0 aliphatic carbocycles. The third-order valence-corrected chi connectivity index (χ3v) is 6.47. The lowest BCUT2D eigenvalue weighted by molar-refractivity contribution is 0.0566. The molecule has 1 aliphatic rings. The molecule has 6 rings (SSSR count). The van der Waals surface area contributed by atoms with E-state index < -0.39 is 6.55 Å². The first-order valence-electron chi connectivity index (χ1n) is 10.9. The molecule has 0 atom stereocenters. The van der Waals surface area contributed by atoms with Gasteiger partial charge in [-0.2, -0.15) is 33.5 Å². The van der Waals surface area contributed by atoms with Gasteiger partial charge >= 0.3 is 6.55 Å². The van der Waals surface area contributed by atoms with Crippen molar-refractivity contribution >= 4 is 51.8 Å². The highest BCUT2D eigenvalue weighted by molar-refractivity contribution is 6.42. The lowest BCUT2D eigenvalue weighted by Gasteiger charge is -2.27. The van der Waals surface area contributed by atoms with Gasteiger partial charge in [-0.1, -0.05) is 23.2 Å². The molecular formula is C21H18Cl2F2N10O. The summed E-state index contributed by atoms with van der Waals surface area (Å²) < 4.78 is 33.7. The molecule has 1 aliphatic heterocycles. The summed E-state index contributed by atoms with van der Waals surface area (Å²) in [5.74, 6) is 1.51. The second-order valence-corrected chi connectivity index (χ2v) is 8.86. The number of nitrogens with zero attached hydrogens (tertiary/aromatic N) is 8. The van der Waals surface area contributed by atoms with Crippen LogP contribution in [0.25, 0.3) is 27.8 Å². The highest BCUT2D eigenvalue weighted by Gasteiger charge is 2.21. The SMILES string of the molecule is FC(F)n1cc(-c2cnn3c(NCc4nc5cc(Cl)c(Cl)cc5[nH]4)nc(N4CCOCC4)nc23)cn1. The Labute approximate surface area is 212 Å². The normalized spacial score (nSPS) is 14.4. The van der Waals surface area contributed by atoms with E-state index in [2.05, 4.69) is 30.5 Å². The molecule has 0 unspecified atom stereocenters. The number of anilines is 2. The Kier molecular flexibility index (Phi) is 5.82. The summed E-state index contributed by atoms with van der Waals surface area (Å²) in [6.07, 6.45) is 4.17. The maximum absolute atomic E-state index is 13.1. The maximum atomic E-state index is 13.1. The minimum absolute atomic E-state index is 0.289. The molecule has 0 bridgehead atoms. The monoisotopic (exact) mass is 534 g/mol. The Bertz CT molecular complexity index is 1520. The van der Waals surface area contributed by atoms with Crippen LogP contribution in [0.3, 0.4) is 0 Å². The molecule has 0 spiro atoms. The Morgan fingerprint density at radius 3 is 2.64 bits per heavy atom. The number of hydrogen-bond acceptors (Lipinski definition) is 8. The van der Waals surface area contributed by atoms with Gasteiger partial charge in [0.15, 0.2) is 5.65 Å². The third-order valence-electron chi connectivity index (χ3n) is 5.75. The summed E-state index contributed by atoms with van der Waals surface area (Å²) in [7, 11) is 0. The largest absolute Gasteiger partial charge is 0.378 e. The van der Waals surface area contributed by atoms with Gasteiger partial charge in [0.25, 0.3) is 0 Å². The van der Waals surface area contributed by atoms with Gasteiger partial charge < -0.3 is 19.9 Å². The molecule has 0 amide bonds. The second kappa shape index (κ2) is 9.15. The summed E-state index contributed by atoms with van der Waals surface area (Å²) in [5, 5.41) is 12.2. The van der Waals surface area contributed by atoms with E-state index in [1.54, 1.807) is 18.3 Å². The quantitative estimate of drug-likeness (QED) is 0.335. The zero-order valence-electron chi connectivity index (χ0n) is 18.5. The lowest BCUT2D eigenvalue weighted by Crippen LogP contribution is -2.37. The van der Waals surface area contributed by atoms with Crippen LogP contribution in [0, 0.1) is 0 Å². The number of morpholine rings is 1. The van der Waals surface area contributed by atoms with Crippen LogP contribution >= 0.6 is 23.2 Å². The van der Waals surface area contributed by atoms with Crippen LogP contribution < -0.4 is 10.2 Å². The van der Waals surface area contributed by atoms with Crippen LogP contribution in [0.5, 0.6) is 0 Å². The van der Waals surface area contributed by atoms with Crippen LogP contribution in [0.1, 0.15) is 12.4 Å². The molecule has 1 saturated heterocycles. The standard InChI is InChI=1S/C21H18Cl2F2N10O/c22-13-5-15-16(6-14(13)23)30-17(29-15)9-26-20-32-21(33-1-3-36-4-2-33)31-18-12(8-28-35(18)20)11-7-27-34(10-11)19(24)25/h5-8,10,19H,1-4,9H2,(H,29,30)(H,26,31,32). The summed E-state index contributed by atoms with van der Waals surface area (Å²) in [6, 6.07) is 3.41. The van der Waals surface area contributed by atoms with Crippen LogP contribution in [0.15, 0.2) is 30.7 Å². The highest BCUT2D eigenvalue weighted by atomic mass is 35.5. The number of aromatic amines is 1. The number of H-pyrrole nitrogens is 1. The van der Waals surface area contributed by atoms with Crippen molar-refractivity contribution in [3.8, 4) is 11.1 Å². The van der Waals surface area contributed by atoms with Crippen LogP contribution in [0.2, 0.25) is 10.0 Å². The number of hydrogen-bond donors (Lipinski definition) is 2. The fourth-order valence-electron chi connectivity index (χ4n) is 3.98. The van der Waals surface area contributed by atoms with Crippen LogP contribution in [-0.2, 0) is 11.3 Å². The molecule has 36 heavy (non-hydrogen) atoms. The first-order chi connectivity index (χ1) is 17.5. The third kappa shape index (κ3) is 4.18. The fraction of sp³-hybridized carbons (Fsp3) is 0.286. The van der Waals surface area contributed by atoms with E-state index in [1.165, 1.54) is 16.9 Å². The summed E-state index contributed by atoms with van der Waals surface area (Å²) in [4.78, 5) is 19.1. The molecule has 186 valence electrons. The maximum Gasteiger partial charge on any atom is 0.333 e. The first-order valence-corrected chi connectivity index (χ1v) is 11.7. The molecule has 4 aromatic heterocycles. The topological polar surface area (TPSA) is 114 Å². The van der Waals surface area contributed by atoms with Crippen molar-refractivity contribution in [1.82, 2.24) is 39.3 Å². The predicted octanol–water partition coefficient (Wildman–Crippen LogP) is 4.01. The van der Waals surface area contributed by atoms with Crippen molar-refractivity contribution < 1.29 is 13.5 Å². The number of alkyl halides is 2. The van der Waals surface area contributed by atoms with Crippen molar-refractivity contribution in [2.24, 2.45) is 0 Å². The van der Waals surface area contributed by atoms with E-state index in [1.807, 2.05) is 4.90 Å². The van der Waals surface area contributed by atoms with Crippen molar-refractivity contribution in [3.63, 3.8) is 0 Å². The average molecular weight is 535 g/mol. The minimum atomic E-state index is -2.75. The van der Waals surface area contributed by atoms with Crippen molar-refractivity contribution in [2.45, 2.75) is 13.1 Å². The zero-order chi connectivity index (χ0) is 24.8. The van der Waals surface area contributed by atoms with E-state index in [0.717, 1.165) is 5.52 Å². The van der Waals surface area contributed by atoms with E-state index in [4.69, 9.17) is 32.9 Å². The van der Waals surface area contributed by atoms with Gasteiger partial charge in [0, 0.05) is 30.4 Å². The molecule has 15 heteroatoms. The van der Waals surface area contributed by atoms with Crippen molar-refractivity contribution in [2.75, 3.05) is 36.5 Å². The number of halogens is 4. The zero-order valence-corrected chi connectivity index (χ0v) is 20.0. The van der Waals surface area contributed by atoms with Crippen LogP contribution in [0.4, 0.5) is 20.7 Å². The van der Waals surface area contributed by atoms with E-state index >= 15 is 0 Å². The van der Waals surface area contributed by atoms with Gasteiger partial charge in [-0.25, -0.2) is 9.67 Å². The minimum Gasteiger partial charge on any atom is -0.378 e. The summed E-state index contributed by atoms with van der Waals surface area (Å²) in [6.45, 7) is -0.119. The number of ether oxygens (including phenoxy) is 1. The lowest BCUT2D eigenvalue weighted by atomic mass is 10.2. The average Bonchev–Trinajstić information content (AvgIpc) is 3.61. The Morgan fingerprint density at radius 2 is 1.86 bits per heavy atom. The smallest absolute Gasteiger partial charge is 0.333 e. The molecule has 1 fully saturated rings. The highest BCUT2D eigenvalue weighted by Crippen LogP contribution is 2.29. The van der Waals surface area contributed by atoms with Gasteiger partial charge in [0.05, 0.1) is 53.2 Å². The molecular weight excluding hydrogens is 517 g/mol. The predicted molar refractivity (Wildman–Crippen MR) is 130 cm³/mol. The number of fused-ring (bicyclic) bond motifs is 2. The van der Waals surface area contributed by atoms with E-state index in [9.17, 15) is 8.78 Å². The fourth-order valence-corrected chi connectivity index (χ4v) is 4.30. The summed E-state index contributed by atoms with van der Waals surface area (Å²) >= 11 is 12.2. The van der Waals surface area contributed by atoms with Gasteiger partial charge in [-0.15, -0.1) is 0 Å². The Morgan fingerprint density at radius 1 is 1.06 bits per heavy atom. The van der Waals surface area contributed by atoms with Gasteiger partial charge in [0.1, 0.15) is 5.82 Å². The molecule has 5 aromatic rings. The molecule has 1 aromatic carbocycles. The van der Waals surface area contributed by atoms with Gasteiger partial charge in [0.2, 0.25) is 11.9 Å². The molecule has 2 N–H and O–H groups in total. The Balaban J connectivity index is 1.38. The van der Waals surface area contributed by atoms with Gasteiger partial charge in [-0.3, -0.25) is 0 Å². The van der Waals surface area contributed by atoms with E-state index in [0.29, 0.717) is 81.0 Å². The molecule has 5 heterocycles. The number of nitrogens with one attached hydrogen (secondary N) is 2. The van der Waals surface area contributed by atoms with Gasteiger partial charge in [-0.05, 0) is 12.1 Å². The van der Waals surface area contributed by atoms with Crippen LogP contribution in [-0.4, -0.2) is 65.6 Å². The van der Waals surface area contributed by atoms with Crippen molar-refractivity contribution in [3.05, 3.63) is 46.6 Å². The number of rotatable bonds is 6. The summed E-state index contributed by atoms with van der Waals surface area (Å²) in [5.41, 5.74) is 2.90. The number of imidazole rings is 1. The first kappa shape index (κ1) is 22.9. The molecule has 0 radical (unpaired) electrons. The second-order valence-electron chi connectivity index (χ2n) is 8.05. The van der Waals surface area contributed by atoms with Crippen molar-refractivity contribution in [1.29, 1.82) is 0 Å².